The molecule has 1 aromatic carbocycles. The second-order valence-corrected chi connectivity index (χ2v) is 8.00. The number of amides is 2. The van der Waals surface area contributed by atoms with Crippen LogP contribution in [0.4, 0.5) is 0 Å². The number of nitrogens with one attached hydrogen (secondary N) is 1. The van der Waals surface area contributed by atoms with Gasteiger partial charge in [0.15, 0.2) is 0 Å². The largest absolute Gasteiger partial charge is 0.492 e. The number of thiophene rings is 1. The first-order valence-corrected chi connectivity index (χ1v) is 10.3. The average Bonchev–Trinajstić information content (AvgIpc) is 3.19. The maximum absolute atomic E-state index is 12.3. The van der Waals surface area contributed by atoms with Crippen LogP contribution in [0.1, 0.15) is 22.5 Å². The molecule has 2 heterocycles. The van der Waals surface area contributed by atoms with Crippen LogP contribution < -0.4 is 10.1 Å². The van der Waals surface area contributed by atoms with Gasteiger partial charge >= 0.3 is 0 Å². The van der Waals surface area contributed by atoms with Gasteiger partial charge in [-0.05, 0) is 42.5 Å². The summed E-state index contributed by atoms with van der Waals surface area (Å²) >= 11 is 4.85. The second-order valence-electron chi connectivity index (χ2n) is 6.14. The Morgan fingerprint density at radius 3 is 2.73 bits per heavy atom. The summed E-state index contributed by atoms with van der Waals surface area (Å²) in [6, 6.07) is 11.3. The molecule has 0 saturated carbocycles. The molecule has 0 atom stereocenters. The van der Waals surface area contributed by atoms with Crippen molar-refractivity contribution < 1.29 is 14.3 Å². The highest BCUT2D eigenvalue weighted by Gasteiger charge is 2.27. The maximum atomic E-state index is 12.3. The molecular weight excluding hydrogens is 416 g/mol. The lowest BCUT2D eigenvalue weighted by Gasteiger charge is -2.31. The zero-order valence-corrected chi connectivity index (χ0v) is 16.7. The quantitative estimate of drug-likeness (QED) is 0.704. The molecule has 138 valence electrons. The monoisotopic (exact) mass is 436 g/mol. The van der Waals surface area contributed by atoms with Gasteiger partial charge in [0.25, 0.3) is 5.91 Å². The minimum atomic E-state index is -0.0340. The van der Waals surface area contributed by atoms with Crippen LogP contribution in [0.2, 0.25) is 0 Å². The number of hydrogen-bond donors (Lipinski definition) is 1. The van der Waals surface area contributed by atoms with Crippen LogP contribution in [-0.2, 0) is 4.79 Å². The third kappa shape index (κ3) is 5.08. The van der Waals surface area contributed by atoms with Crippen LogP contribution in [0.15, 0.2) is 46.3 Å². The van der Waals surface area contributed by atoms with E-state index in [1.807, 2.05) is 46.7 Å². The van der Waals surface area contributed by atoms with Crippen molar-refractivity contribution in [2.75, 3.05) is 26.2 Å². The third-order valence-electron chi connectivity index (χ3n) is 4.35. The van der Waals surface area contributed by atoms with Gasteiger partial charge in [0.05, 0.1) is 11.4 Å². The first kappa shape index (κ1) is 18.9. The summed E-state index contributed by atoms with van der Waals surface area (Å²) in [5, 5.41) is 4.84. The molecule has 7 heteroatoms. The van der Waals surface area contributed by atoms with Crippen molar-refractivity contribution in [1.29, 1.82) is 0 Å². The topological polar surface area (TPSA) is 58.6 Å². The first-order chi connectivity index (χ1) is 12.6. The Hall–Kier alpha value is -1.86. The molecule has 0 bridgehead atoms. The summed E-state index contributed by atoms with van der Waals surface area (Å²) in [5.41, 5.74) is 0. The molecule has 2 amide bonds. The highest BCUT2D eigenvalue weighted by atomic mass is 79.9. The normalized spacial score (nSPS) is 14.9. The van der Waals surface area contributed by atoms with E-state index >= 15 is 0 Å². The number of benzene rings is 1. The van der Waals surface area contributed by atoms with Gasteiger partial charge in [-0.3, -0.25) is 9.59 Å². The number of nitrogens with zero attached hydrogens (tertiary/aromatic N) is 1. The summed E-state index contributed by atoms with van der Waals surface area (Å²) in [7, 11) is 0. The lowest BCUT2D eigenvalue weighted by molar-refractivity contribution is -0.126. The van der Waals surface area contributed by atoms with Crippen molar-refractivity contribution in [3.05, 3.63) is 51.1 Å². The lowest BCUT2D eigenvalue weighted by atomic mass is 9.96. The number of ether oxygens (including phenoxy) is 1. The molecule has 1 aliphatic heterocycles. The Morgan fingerprint density at radius 1 is 1.23 bits per heavy atom. The zero-order chi connectivity index (χ0) is 18.4. The highest BCUT2D eigenvalue weighted by Crippen LogP contribution is 2.21. The van der Waals surface area contributed by atoms with E-state index in [1.54, 1.807) is 0 Å². The van der Waals surface area contributed by atoms with Gasteiger partial charge in [0.2, 0.25) is 5.91 Å². The van der Waals surface area contributed by atoms with Gasteiger partial charge in [-0.25, -0.2) is 0 Å². The predicted octanol–water partition coefficient (Wildman–Crippen LogP) is 3.56. The summed E-state index contributed by atoms with van der Waals surface area (Å²) in [6.45, 7) is 2.16. The van der Waals surface area contributed by atoms with Crippen LogP contribution >= 0.6 is 27.3 Å². The molecule has 0 spiro atoms. The number of hydrogen-bond acceptors (Lipinski definition) is 4. The minimum Gasteiger partial charge on any atom is -0.492 e. The second kappa shape index (κ2) is 9.19. The van der Waals surface area contributed by atoms with E-state index in [2.05, 4.69) is 21.2 Å². The van der Waals surface area contributed by atoms with Gasteiger partial charge in [-0.1, -0.05) is 28.1 Å². The SMILES string of the molecule is O=C(NCCOc1cccc(Br)c1)C1CCN(C(=O)c2cccs2)CC1. The van der Waals surface area contributed by atoms with Gasteiger partial charge in [0, 0.05) is 23.5 Å². The maximum Gasteiger partial charge on any atom is 0.263 e. The number of carbonyl (C=O) groups excluding carboxylic acids is 2. The predicted molar refractivity (Wildman–Crippen MR) is 106 cm³/mol. The fraction of sp³-hybridized carbons (Fsp3) is 0.368. The summed E-state index contributed by atoms with van der Waals surface area (Å²) in [6.07, 6.45) is 1.41. The van der Waals surface area contributed by atoms with Gasteiger partial charge in [-0.15, -0.1) is 11.3 Å². The van der Waals surface area contributed by atoms with Crippen molar-refractivity contribution >= 4 is 39.1 Å². The Bertz CT molecular complexity index is 743. The molecule has 1 saturated heterocycles. The fourth-order valence-electron chi connectivity index (χ4n) is 2.95. The molecular formula is C19H21BrN2O3S. The summed E-state index contributed by atoms with van der Waals surface area (Å²) in [4.78, 5) is 27.2. The number of halogens is 1. The van der Waals surface area contributed by atoms with Crippen LogP contribution in [0.25, 0.3) is 0 Å². The fourth-order valence-corrected chi connectivity index (χ4v) is 4.01. The number of rotatable bonds is 6. The molecule has 3 rings (SSSR count). The van der Waals surface area contributed by atoms with Crippen LogP contribution in [0.3, 0.4) is 0 Å². The molecule has 26 heavy (non-hydrogen) atoms. The Labute approximate surface area is 165 Å². The van der Waals surface area contributed by atoms with Gasteiger partial charge in [-0.2, -0.15) is 0 Å². The molecule has 5 nitrogen and oxygen atoms in total. The van der Waals surface area contributed by atoms with E-state index in [9.17, 15) is 9.59 Å². The molecule has 1 aliphatic rings. The molecule has 1 fully saturated rings. The van der Waals surface area contributed by atoms with Crippen molar-refractivity contribution in [3.8, 4) is 5.75 Å². The molecule has 0 unspecified atom stereocenters. The standard InChI is InChI=1S/C19H21BrN2O3S/c20-15-3-1-4-16(13-15)25-11-8-21-18(23)14-6-9-22(10-7-14)19(24)17-5-2-12-26-17/h1-5,12-14H,6-11H2,(H,21,23). The molecule has 0 aliphatic carbocycles. The van der Waals surface area contributed by atoms with E-state index in [0.29, 0.717) is 39.1 Å². The summed E-state index contributed by atoms with van der Waals surface area (Å²) in [5.74, 6) is 0.856. The number of likely N-dealkylation sites (tertiary alicyclic amines) is 1. The van der Waals surface area contributed by atoms with Gasteiger partial charge in [0.1, 0.15) is 12.4 Å². The number of piperidine rings is 1. The Balaban J connectivity index is 1.36. The van der Waals surface area contributed by atoms with Crippen LogP contribution in [0, 0.1) is 5.92 Å². The minimum absolute atomic E-state index is 0.0340. The third-order valence-corrected chi connectivity index (χ3v) is 5.70. The number of carbonyl (C=O) groups is 2. The molecule has 0 radical (unpaired) electrons. The van der Waals surface area contributed by atoms with Crippen molar-refractivity contribution in [3.63, 3.8) is 0 Å². The summed E-state index contributed by atoms with van der Waals surface area (Å²) < 4.78 is 6.58. The van der Waals surface area contributed by atoms with Gasteiger partial charge < -0.3 is 15.0 Å². The smallest absolute Gasteiger partial charge is 0.263 e. The van der Waals surface area contributed by atoms with E-state index in [1.165, 1.54) is 11.3 Å². The average molecular weight is 437 g/mol. The van der Waals surface area contributed by atoms with E-state index in [-0.39, 0.29) is 17.7 Å². The highest BCUT2D eigenvalue weighted by molar-refractivity contribution is 9.10. The van der Waals surface area contributed by atoms with Crippen LogP contribution in [0.5, 0.6) is 5.75 Å². The van der Waals surface area contributed by atoms with Crippen molar-refractivity contribution in [2.45, 2.75) is 12.8 Å². The van der Waals surface area contributed by atoms with E-state index < -0.39 is 0 Å². The molecule has 2 aromatic rings. The van der Waals surface area contributed by atoms with E-state index in [4.69, 9.17) is 4.74 Å². The molecule has 1 aromatic heterocycles. The van der Waals surface area contributed by atoms with Crippen molar-refractivity contribution in [1.82, 2.24) is 10.2 Å². The lowest BCUT2D eigenvalue weighted by Crippen LogP contribution is -2.43. The Kier molecular flexibility index (Phi) is 6.68. The van der Waals surface area contributed by atoms with Crippen molar-refractivity contribution in [2.24, 2.45) is 5.92 Å². The van der Waals surface area contributed by atoms with Crippen LogP contribution in [-0.4, -0.2) is 43.0 Å². The zero-order valence-electron chi connectivity index (χ0n) is 14.3. The van der Waals surface area contributed by atoms with E-state index in [0.717, 1.165) is 15.1 Å². The first-order valence-electron chi connectivity index (χ1n) is 8.62. The molecule has 1 N–H and O–H groups in total. The Morgan fingerprint density at radius 2 is 2.04 bits per heavy atom.